The molecule has 0 radical (unpaired) electrons. The minimum absolute atomic E-state index is 0.0160. The van der Waals surface area contributed by atoms with Crippen molar-refractivity contribution in [3.05, 3.63) is 65.0 Å². The van der Waals surface area contributed by atoms with Crippen molar-refractivity contribution in [2.24, 2.45) is 17.8 Å². The lowest BCUT2D eigenvalue weighted by atomic mass is 9.89. The van der Waals surface area contributed by atoms with Gasteiger partial charge in [-0.2, -0.15) is 8.78 Å². The summed E-state index contributed by atoms with van der Waals surface area (Å²) in [5.74, 6) is -19.1. The summed E-state index contributed by atoms with van der Waals surface area (Å²) >= 11 is 0. The molecular formula is C58H86F5N5O16. The van der Waals surface area contributed by atoms with Gasteiger partial charge in [-0.3, -0.25) is 28.8 Å². The van der Waals surface area contributed by atoms with E-state index >= 15 is 0 Å². The largest absolute Gasteiger partial charge is 0.480 e. The zero-order valence-electron chi connectivity index (χ0n) is 50.1. The number of carboxylic acid groups (broad SMARTS) is 1. The number of methoxy groups -OCH3 is 2. The van der Waals surface area contributed by atoms with E-state index in [-0.39, 0.29) is 103 Å². The summed E-state index contributed by atoms with van der Waals surface area (Å²) < 4.78 is 110. The number of ether oxygens (including phenoxy) is 8. The van der Waals surface area contributed by atoms with E-state index in [2.05, 4.69) is 15.4 Å². The first kappa shape index (κ1) is 72.4. The lowest BCUT2D eigenvalue weighted by Gasteiger charge is -2.41. The highest BCUT2D eigenvalue weighted by Gasteiger charge is 2.44. The lowest BCUT2D eigenvalue weighted by molar-refractivity contribution is -0.150. The number of hydrogen-bond acceptors (Lipinski definition) is 15. The predicted molar refractivity (Wildman–Crippen MR) is 295 cm³/mol. The zero-order valence-corrected chi connectivity index (χ0v) is 50.1. The fourth-order valence-corrected chi connectivity index (χ4v) is 9.48. The van der Waals surface area contributed by atoms with Gasteiger partial charge in [0.2, 0.25) is 64.4 Å². The molecule has 21 nitrogen and oxygen atoms in total. The maximum atomic E-state index is 14.6. The Morgan fingerprint density at radius 3 is 1.73 bits per heavy atom. The maximum Gasteiger partial charge on any atom is 0.326 e. The molecular weight excluding hydrogens is 1120 g/mol. The number of likely N-dealkylation sites (tertiary alicyclic amines) is 1. The molecule has 26 heteroatoms. The van der Waals surface area contributed by atoms with E-state index < -0.39 is 125 Å². The quantitative estimate of drug-likeness (QED) is 0.0193. The first-order valence-electron chi connectivity index (χ1n) is 28.1. The number of amides is 5. The number of nitrogens with zero attached hydrogens (tertiary/aromatic N) is 3. The van der Waals surface area contributed by atoms with Gasteiger partial charge in [-0.25, -0.2) is 18.0 Å². The van der Waals surface area contributed by atoms with Gasteiger partial charge in [0.15, 0.2) is 0 Å². The van der Waals surface area contributed by atoms with Crippen LogP contribution in [-0.2, 0) is 73.1 Å². The minimum atomic E-state index is -2.38. The topological polar surface area (TPSA) is 247 Å². The van der Waals surface area contributed by atoms with Crippen LogP contribution in [0.25, 0.3) is 0 Å². The molecule has 84 heavy (non-hydrogen) atoms. The second-order valence-corrected chi connectivity index (χ2v) is 21.3. The average molecular weight is 1200 g/mol. The average Bonchev–Trinajstić information content (AvgIpc) is 4.01. The van der Waals surface area contributed by atoms with Gasteiger partial charge in [-0.05, 0) is 44.1 Å². The highest BCUT2D eigenvalue weighted by atomic mass is 19.2. The van der Waals surface area contributed by atoms with Gasteiger partial charge >= 0.3 is 11.9 Å². The van der Waals surface area contributed by atoms with E-state index in [9.17, 15) is 60.6 Å². The summed E-state index contributed by atoms with van der Waals surface area (Å²) in [6.07, 6.45) is -0.376. The molecule has 8 atom stereocenters. The summed E-state index contributed by atoms with van der Waals surface area (Å²) in [6.45, 7) is 13.8. The van der Waals surface area contributed by atoms with Gasteiger partial charge in [0, 0.05) is 41.3 Å². The Kier molecular flexibility index (Phi) is 31.2. The summed E-state index contributed by atoms with van der Waals surface area (Å²) in [5.41, 5.74) is -0.657. The molecule has 3 N–H and O–H groups in total. The Balaban J connectivity index is 1.42. The number of halogens is 5. The Bertz CT molecular complexity index is 2420. The van der Waals surface area contributed by atoms with Crippen molar-refractivity contribution in [2.45, 2.75) is 135 Å². The maximum absolute atomic E-state index is 14.6. The van der Waals surface area contributed by atoms with Crippen LogP contribution in [0.1, 0.15) is 92.6 Å². The van der Waals surface area contributed by atoms with Gasteiger partial charge in [-0.1, -0.05) is 71.4 Å². The fraction of sp³-hybridized carbons (Fsp3) is 0.672. The molecule has 0 spiro atoms. The number of nitrogens with one attached hydrogen (secondary N) is 2. The van der Waals surface area contributed by atoms with Crippen LogP contribution in [0, 0.1) is 46.8 Å². The molecule has 0 saturated carbocycles. The number of rotatable bonds is 39. The SMILES string of the molecule is CCC(C)C(C(CC(=O)N1CCC[C@H]1C(OC)C(C)C(=O)NC(Cc1ccccc1)C(=O)O)OC)N(C)C(=O)C(NC(=O)C(C)(C)N(C)C(=O)CCOCCOCCOCCOCCOCCC(=O)Oc1c(F)c(F)c(F)c(F)c1F)C(C)C. The molecule has 1 fully saturated rings. The molecule has 0 bridgehead atoms. The molecule has 474 valence electrons. The van der Waals surface area contributed by atoms with Crippen LogP contribution in [-0.4, -0.2) is 204 Å². The van der Waals surface area contributed by atoms with E-state index in [1.54, 1.807) is 70.8 Å². The van der Waals surface area contributed by atoms with Gasteiger partial charge in [0.05, 0.1) is 116 Å². The Morgan fingerprint density at radius 1 is 0.726 bits per heavy atom. The van der Waals surface area contributed by atoms with Crippen LogP contribution < -0.4 is 15.4 Å². The van der Waals surface area contributed by atoms with Crippen LogP contribution in [0.5, 0.6) is 5.75 Å². The molecule has 1 aliphatic heterocycles. The van der Waals surface area contributed by atoms with Crippen molar-refractivity contribution >= 4 is 41.5 Å². The summed E-state index contributed by atoms with van der Waals surface area (Å²) in [5, 5.41) is 15.5. The Hall–Kier alpha value is -5.90. The summed E-state index contributed by atoms with van der Waals surface area (Å²) in [7, 11) is 6.04. The third-order valence-electron chi connectivity index (χ3n) is 14.9. The summed E-state index contributed by atoms with van der Waals surface area (Å²) in [6, 6.07) is 5.62. The van der Waals surface area contributed by atoms with Crippen molar-refractivity contribution in [3.63, 3.8) is 0 Å². The molecule has 3 rings (SSSR count). The van der Waals surface area contributed by atoms with Gasteiger partial charge < -0.3 is 68.3 Å². The molecule has 0 aliphatic carbocycles. The second kappa shape index (κ2) is 36.2. The number of likely N-dealkylation sites (N-methyl/N-ethyl adjacent to an activating group) is 2. The first-order valence-corrected chi connectivity index (χ1v) is 28.1. The highest BCUT2D eigenvalue weighted by molar-refractivity contribution is 5.94. The molecule has 7 unspecified atom stereocenters. The van der Waals surface area contributed by atoms with Crippen LogP contribution in [0.2, 0.25) is 0 Å². The fourth-order valence-electron chi connectivity index (χ4n) is 9.48. The Labute approximate surface area is 488 Å². The lowest BCUT2D eigenvalue weighted by Crippen LogP contribution is -2.62. The van der Waals surface area contributed by atoms with Crippen molar-refractivity contribution in [1.82, 2.24) is 25.3 Å². The number of carbonyl (C=O) groups excluding carboxylic acids is 6. The van der Waals surface area contributed by atoms with Crippen molar-refractivity contribution < 1.29 is 98.5 Å². The molecule has 1 saturated heterocycles. The first-order chi connectivity index (χ1) is 39.8. The number of benzene rings is 2. The van der Waals surface area contributed by atoms with Gasteiger partial charge in [0.1, 0.15) is 17.6 Å². The van der Waals surface area contributed by atoms with Crippen molar-refractivity contribution in [1.29, 1.82) is 0 Å². The van der Waals surface area contributed by atoms with E-state index in [1.165, 1.54) is 31.1 Å². The van der Waals surface area contributed by atoms with Crippen molar-refractivity contribution in [2.75, 3.05) is 101 Å². The Morgan fingerprint density at radius 2 is 1.24 bits per heavy atom. The van der Waals surface area contributed by atoms with Crippen LogP contribution in [0.4, 0.5) is 22.0 Å². The monoisotopic (exact) mass is 1200 g/mol. The number of esters is 1. The summed E-state index contributed by atoms with van der Waals surface area (Å²) in [4.78, 5) is 98.4. The second-order valence-electron chi connectivity index (χ2n) is 21.3. The molecule has 0 aromatic heterocycles. The van der Waals surface area contributed by atoms with Gasteiger partial charge in [0.25, 0.3) is 0 Å². The third kappa shape index (κ3) is 21.3. The van der Waals surface area contributed by atoms with E-state index in [4.69, 9.17) is 33.2 Å². The molecule has 2 aromatic rings. The van der Waals surface area contributed by atoms with E-state index in [0.717, 1.165) is 5.56 Å². The molecule has 1 heterocycles. The zero-order chi connectivity index (χ0) is 62.8. The molecule has 5 amide bonds. The van der Waals surface area contributed by atoms with E-state index in [0.29, 0.717) is 25.8 Å². The number of carbonyl (C=O) groups is 7. The van der Waals surface area contributed by atoms with Gasteiger partial charge in [-0.15, -0.1) is 0 Å². The standard InChI is InChI=1S/C58H86F5N5O16/c1-12-36(4)51(41(77-10)34-43(70)68-22-16-19-40(68)52(78-11)37(5)54(72)64-39(56(74)75)33-38-17-14-13-15-18-38)66(8)55(73)50(35(2)3)65-57(76)58(6,7)67(9)42(69)20-23-79-25-27-81-29-31-83-32-30-82-28-26-80-24-21-44(71)84-53-48(62)46(60)45(59)47(61)49(53)63/h13-15,17-18,35-37,39-41,50-52H,12,16,19-34H2,1-11H3,(H,64,72)(H,65,76)(H,74,75)/t36?,37?,39?,40-,41?,50?,51?,52?/m0/s1. The highest BCUT2D eigenvalue weighted by Crippen LogP contribution is 2.31. The third-order valence-corrected chi connectivity index (χ3v) is 14.9. The minimum Gasteiger partial charge on any atom is -0.480 e. The van der Waals surface area contributed by atoms with Crippen LogP contribution in [0.15, 0.2) is 30.3 Å². The van der Waals surface area contributed by atoms with Crippen LogP contribution in [0.3, 0.4) is 0 Å². The van der Waals surface area contributed by atoms with E-state index in [1.807, 2.05) is 19.9 Å². The number of aliphatic carboxylic acids is 1. The van der Waals surface area contributed by atoms with Crippen LogP contribution >= 0.6 is 0 Å². The van der Waals surface area contributed by atoms with Crippen molar-refractivity contribution in [3.8, 4) is 5.75 Å². The molecule has 2 aromatic carbocycles. The number of carboxylic acids is 1. The number of hydrogen-bond donors (Lipinski definition) is 3. The smallest absolute Gasteiger partial charge is 0.326 e. The molecule has 1 aliphatic rings. The predicted octanol–water partition coefficient (Wildman–Crippen LogP) is 5.26. The normalized spacial score (nSPS) is 16.1.